The molecule has 3 N–H and O–H groups in total. The highest BCUT2D eigenvalue weighted by Gasteiger charge is 2.21. The second-order valence-corrected chi connectivity index (χ2v) is 5.78. The summed E-state index contributed by atoms with van der Waals surface area (Å²) in [5.41, 5.74) is 5.98. The molecule has 20 heavy (non-hydrogen) atoms. The van der Waals surface area contributed by atoms with E-state index in [1.54, 1.807) is 0 Å². The molecule has 0 amide bonds. The van der Waals surface area contributed by atoms with Crippen LogP contribution in [-0.2, 0) is 12.8 Å². The molecule has 3 nitrogen and oxygen atoms in total. The largest absolute Gasteiger partial charge is 0.323 e. The fourth-order valence-corrected chi connectivity index (χ4v) is 3.36. The van der Waals surface area contributed by atoms with Crippen LogP contribution in [0.3, 0.4) is 0 Å². The van der Waals surface area contributed by atoms with Crippen LogP contribution in [0.25, 0.3) is 10.9 Å². The molecule has 2 aromatic rings. The highest BCUT2D eigenvalue weighted by molar-refractivity contribution is 6.39. The number of halogens is 3. The predicted octanol–water partition coefficient (Wildman–Crippen LogP) is 4.24. The van der Waals surface area contributed by atoms with Gasteiger partial charge in [-0.2, -0.15) is 0 Å². The first-order valence-electron chi connectivity index (χ1n) is 6.59. The van der Waals surface area contributed by atoms with Gasteiger partial charge < -0.3 is 5.43 Å². The molecule has 0 saturated carbocycles. The van der Waals surface area contributed by atoms with Crippen molar-refractivity contribution in [2.24, 2.45) is 5.84 Å². The van der Waals surface area contributed by atoms with E-state index in [9.17, 15) is 4.39 Å². The number of nitrogens with two attached hydrogens (primary N) is 1. The summed E-state index contributed by atoms with van der Waals surface area (Å²) in [4.78, 5) is 4.62. The molecule has 0 saturated heterocycles. The molecular formula is C14H14Cl2FN3. The van der Waals surface area contributed by atoms with E-state index < -0.39 is 5.82 Å². The van der Waals surface area contributed by atoms with E-state index in [1.165, 1.54) is 6.07 Å². The summed E-state index contributed by atoms with van der Waals surface area (Å²) < 4.78 is 13.9. The zero-order valence-electron chi connectivity index (χ0n) is 10.8. The Morgan fingerprint density at radius 2 is 1.95 bits per heavy atom. The van der Waals surface area contributed by atoms with Crippen LogP contribution in [0.4, 0.5) is 10.1 Å². The summed E-state index contributed by atoms with van der Waals surface area (Å²) in [6.07, 6.45) is 5.09. The number of nitrogen functional groups attached to an aromatic ring is 1. The Kier molecular flexibility index (Phi) is 3.71. The van der Waals surface area contributed by atoms with Gasteiger partial charge in [-0.1, -0.05) is 29.6 Å². The van der Waals surface area contributed by atoms with Crippen molar-refractivity contribution in [3.05, 3.63) is 33.2 Å². The fraction of sp³-hybridized carbons (Fsp3) is 0.357. The van der Waals surface area contributed by atoms with Crippen LogP contribution in [0.2, 0.25) is 10.0 Å². The minimum absolute atomic E-state index is 0.0217. The molecule has 6 heteroatoms. The molecule has 0 bridgehead atoms. The van der Waals surface area contributed by atoms with E-state index in [0.717, 1.165) is 43.4 Å². The van der Waals surface area contributed by atoms with Crippen LogP contribution in [0.15, 0.2) is 6.07 Å². The number of hydrogen-bond acceptors (Lipinski definition) is 3. The number of aromatic nitrogens is 1. The van der Waals surface area contributed by atoms with Gasteiger partial charge in [0.1, 0.15) is 0 Å². The van der Waals surface area contributed by atoms with E-state index in [0.29, 0.717) is 16.6 Å². The number of hydrogen-bond donors (Lipinski definition) is 2. The average molecular weight is 314 g/mol. The van der Waals surface area contributed by atoms with E-state index in [2.05, 4.69) is 10.4 Å². The highest BCUT2D eigenvalue weighted by Crippen LogP contribution is 2.39. The van der Waals surface area contributed by atoms with Crippen LogP contribution in [-0.4, -0.2) is 4.98 Å². The van der Waals surface area contributed by atoms with Crippen molar-refractivity contribution in [2.75, 3.05) is 5.43 Å². The summed E-state index contributed by atoms with van der Waals surface area (Å²) in [5, 5.41) is 0.461. The van der Waals surface area contributed by atoms with Crippen molar-refractivity contribution in [1.29, 1.82) is 0 Å². The summed E-state index contributed by atoms with van der Waals surface area (Å²) in [7, 11) is 0. The van der Waals surface area contributed by atoms with E-state index in [1.807, 2.05) is 0 Å². The third-order valence-electron chi connectivity index (χ3n) is 3.78. The summed E-state index contributed by atoms with van der Waals surface area (Å²) in [5.74, 6) is 5.02. The van der Waals surface area contributed by atoms with Crippen LogP contribution in [0.1, 0.15) is 30.5 Å². The quantitative estimate of drug-likeness (QED) is 0.358. The Balaban J connectivity index is 2.40. The molecule has 0 radical (unpaired) electrons. The number of fused-ring (bicyclic) bond motifs is 2. The molecule has 1 aromatic heterocycles. The number of pyridine rings is 1. The van der Waals surface area contributed by atoms with Crippen LogP contribution in [0.5, 0.6) is 0 Å². The number of aryl methyl sites for hydroxylation is 1. The second-order valence-electron chi connectivity index (χ2n) is 5.00. The summed E-state index contributed by atoms with van der Waals surface area (Å²) in [6, 6.07) is 1.50. The smallest absolute Gasteiger partial charge is 0.161 e. The molecule has 1 aromatic carbocycles. The number of hydrazine groups is 1. The number of benzene rings is 1. The van der Waals surface area contributed by atoms with E-state index in [-0.39, 0.29) is 10.0 Å². The van der Waals surface area contributed by atoms with Crippen LogP contribution < -0.4 is 11.3 Å². The highest BCUT2D eigenvalue weighted by atomic mass is 35.5. The lowest BCUT2D eigenvalue weighted by molar-refractivity contribution is 0.630. The normalized spacial score (nSPS) is 15.0. The third-order valence-corrected chi connectivity index (χ3v) is 4.41. The van der Waals surface area contributed by atoms with Gasteiger partial charge in [0, 0.05) is 11.1 Å². The van der Waals surface area contributed by atoms with E-state index in [4.69, 9.17) is 29.0 Å². The lowest BCUT2D eigenvalue weighted by Gasteiger charge is -2.16. The zero-order valence-corrected chi connectivity index (χ0v) is 12.3. The molecular weight excluding hydrogens is 300 g/mol. The lowest BCUT2D eigenvalue weighted by Crippen LogP contribution is -2.12. The molecule has 0 fully saturated rings. The molecule has 106 valence electrons. The molecule has 0 atom stereocenters. The Morgan fingerprint density at radius 1 is 1.20 bits per heavy atom. The molecule has 0 spiro atoms. The minimum Gasteiger partial charge on any atom is -0.323 e. The van der Waals surface area contributed by atoms with E-state index >= 15 is 0 Å². The van der Waals surface area contributed by atoms with Crippen molar-refractivity contribution in [3.63, 3.8) is 0 Å². The Labute approximate surface area is 126 Å². The SMILES string of the molecule is NNc1c2c(nc3cc(Cl)c(F)c(Cl)c13)CCCCC2. The fourth-order valence-electron chi connectivity index (χ4n) is 2.82. The second kappa shape index (κ2) is 5.35. The standard InChI is InChI=1S/C14H14Cl2FN3/c15-8-6-10-11(12(16)13(8)17)14(20-18)7-4-2-1-3-5-9(7)19-10/h6H,1-5,18H2,(H,19,20). The maximum atomic E-state index is 13.9. The molecule has 0 aliphatic heterocycles. The monoisotopic (exact) mass is 313 g/mol. The van der Waals surface area contributed by atoms with Gasteiger partial charge in [-0.3, -0.25) is 10.8 Å². The van der Waals surface area contributed by atoms with Gasteiger partial charge >= 0.3 is 0 Å². The number of nitrogens with one attached hydrogen (secondary N) is 1. The Bertz CT molecular complexity index is 688. The Morgan fingerprint density at radius 3 is 2.70 bits per heavy atom. The zero-order chi connectivity index (χ0) is 14.3. The number of nitrogens with zero attached hydrogens (tertiary/aromatic N) is 1. The lowest BCUT2D eigenvalue weighted by atomic mass is 10.0. The van der Waals surface area contributed by atoms with Crippen molar-refractivity contribution >= 4 is 39.8 Å². The minimum atomic E-state index is -0.632. The van der Waals surface area contributed by atoms with Crippen molar-refractivity contribution < 1.29 is 4.39 Å². The van der Waals surface area contributed by atoms with Crippen molar-refractivity contribution in [2.45, 2.75) is 32.1 Å². The van der Waals surface area contributed by atoms with Gasteiger partial charge in [-0.05, 0) is 37.3 Å². The van der Waals surface area contributed by atoms with Crippen LogP contribution >= 0.6 is 23.2 Å². The van der Waals surface area contributed by atoms with Gasteiger partial charge in [-0.25, -0.2) is 4.39 Å². The first-order chi connectivity index (χ1) is 9.63. The Hall–Kier alpha value is -1.10. The van der Waals surface area contributed by atoms with Crippen LogP contribution in [0, 0.1) is 5.82 Å². The molecule has 1 heterocycles. The third kappa shape index (κ3) is 2.12. The van der Waals surface area contributed by atoms with Gasteiger partial charge in [0.15, 0.2) is 5.82 Å². The molecule has 1 aliphatic rings. The maximum Gasteiger partial charge on any atom is 0.161 e. The molecule has 3 rings (SSSR count). The van der Waals surface area contributed by atoms with Gasteiger partial charge in [0.25, 0.3) is 0 Å². The molecule has 0 unspecified atom stereocenters. The maximum absolute atomic E-state index is 13.9. The summed E-state index contributed by atoms with van der Waals surface area (Å²) in [6.45, 7) is 0. The van der Waals surface area contributed by atoms with Crippen molar-refractivity contribution in [3.8, 4) is 0 Å². The predicted molar refractivity (Wildman–Crippen MR) is 80.8 cm³/mol. The number of anilines is 1. The average Bonchev–Trinajstić information content (AvgIpc) is 2.68. The topological polar surface area (TPSA) is 50.9 Å². The van der Waals surface area contributed by atoms with Gasteiger partial charge in [0.2, 0.25) is 0 Å². The van der Waals surface area contributed by atoms with Crippen molar-refractivity contribution in [1.82, 2.24) is 4.98 Å². The first kappa shape index (κ1) is 13.9. The summed E-state index contributed by atoms with van der Waals surface area (Å²) >= 11 is 12.0. The molecule has 1 aliphatic carbocycles. The van der Waals surface area contributed by atoms with Gasteiger partial charge in [0.05, 0.1) is 21.2 Å². The first-order valence-corrected chi connectivity index (χ1v) is 7.34. The number of rotatable bonds is 1. The van der Waals surface area contributed by atoms with Gasteiger partial charge in [-0.15, -0.1) is 0 Å².